The highest BCUT2D eigenvalue weighted by Gasteiger charge is 2.22. The van der Waals surface area contributed by atoms with Crippen molar-refractivity contribution in [3.8, 4) is 0 Å². The minimum atomic E-state index is -0.507. The average molecular weight is 307 g/mol. The van der Waals surface area contributed by atoms with Gasteiger partial charge in [-0.2, -0.15) is 0 Å². The molecule has 0 unspecified atom stereocenters. The molecule has 3 aromatic rings. The Hall–Kier alpha value is -3.02. The lowest BCUT2D eigenvalue weighted by Gasteiger charge is -2.17. The van der Waals surface area contributed by atoms with Gasteiger partial charge in [0.15, 0.2) is 0 Å². The van der Waals surface area contributed by atoms with Crippen LogP contribution in [0.15, 0.2) is 60.9 Å². The summed E-state index contributed by atoms with van der Waals surface area (Å²) in [5, 5.41) is 14.1. The standard InChI is InChI=1S/C17H17N5O/c1-13-7-5-6-10-15(13)19-17(23)16(22-12-18-20-21-22)11-14-8-3-2-4-9-14/h2-10,12,16H,11H2,1H3,(H,19,23)/t16-/m0/s1. The number of nitrogens with one attached hydrogen (secondary N) is 1. The Labute approximate surface area is 134 Å². The summed E-state index contributed by atoms with van der Waals surface area (Å²) in [6.07, 6.45) is 1.98. The fraction of sp³-hybridized carbons (Fsp3) is 0.176. The summed E-state index contributed by atoms with van der Waals surface area (Å²) >= 11 is 0. The molecule has 3 rings (SSSR count). The Balaban J connectivity index is 1.83. The van der Waals surface area contributed by atoms with Gasteiger partial charge < -0.3 is 5.32 Å². The lowest BCUT2D eigenvalue weighted by molar-refractivity contribution is -0.119. The quantitative estimate of drug-likeness (QED) is 0.785. The summed E-state index contributed by atoms with van der Waals surface area (Å²) in [6.45, 7) is 1.96. The zero-order valence-corrected chi connectivity index (χ0v) is 12.8. The summed E-state index contributed by atoms with van der Waals surface area (Å²) in [4.78, 5) is 12.7. The van der Waals surface area contributed by atoms with Gasteiger partial charge in [0, 0.05) is 12.1 Å². The van der Waals surface area contributed by atoms with Crippen molar-refractivity contribution in [2.45, 2.75) is 19.4 Å². The van der Waals surface area contributed by atoms with Crippen LogP contribution in [0.25, 0.3) is 0 Å². The van der Waals surface area contributed by atoms with Crippen molar-refractivity contribution in [2.75, 3.05) is 5.32 Å². The molecule has 0 spiro atoms. The molecule has 1 aromatic heterocycles. The molecule has 1 N–H and O–H groups in total. The van der Waals surface area contributed by atoms with Crippen molar-refractivity contribution < 1.29 is 4.79 Å². The maximum absolute atomic E-state index is 12.7. The van der Waals surface area contributed by atoms with Gasteiger partial charge in [-0.25, -0.2) is 4.68 Å². The number of hydrogen-bond acceptors (Lipinski definition) is 4. The van der Waals surface area contributed by atoms with Gasteiger partial charge in [0.2, 0.25) is 5.91 Å². The molecule has 0 saturated heterocycles. The summed E-state index contributed by atoms with van der Waals surface area (Å²) in [7, 11) is 0. The molecule has 0 aliphatic carbocycles. The van der Waals surface area contributed by atoms with E-state index in [9.17, 15) is 4.79 Å². The highest BCUT2D eigenvalue weighted by atomic mass is 16.2. The third-order valence-corrected chi connectivity index (χ3v) is 3.66. The van der Waals surface area contributed by atoms with E-state index in [4.69, 9.17) is 0 Å². The third-order valence-electron chi connectivity index (χ3n) is 3.66. The van der Waals surface area contributed by atoms with E-state index in [1.807, 2.05) is 61.5 Å². The largest absolute Gasteiger partial charge is 0.324 e. The zero-order valence-electron chi connectivity index (χ0n) is 12.8. The minimum absolute atomic E-state index is 0.143. The van der Waals surface area contributed by atoms with E-state index >= 15 is 0 Å². The van der Waals surface area contributed by atoms with E-state index in [0.717, 1.165) is 16.8 Å². The minimum Gasteiger partial charge on any atom is -0.324 e. The Bertz CT molecular complexity index is 771. The van der Waals surface area contributed by atoms with Crippen LogP contribution in [0.5, 0.6) is 0 Å². The Morgan fingerprint density at radius 2 is 1.87 bits per heavy atom. The fourth-order valence-corrected chi connectivity index (χ4v) is 2.38. The second-order valence-corrected chi connectivity index (χ2v) is 5.30. The van der Waals surface area contributed by atoms with E-state index in [1.54, 1.807) is 0 Å². The van der Waals surface area contributed by atoms with Gasteiger partial charge in [-0.15, -0.1) is 5.10 Å². The topological polar surface area (TPSA) is 72.7 Å². The normalized spacial score (nSPS) is 11.9. The molecular weight excluding hydrogens is 290 g/mol. The second kappa shape index (κ2) is 6.83. The maximum Gasteiger partial charge on any atom is 0.249 e. The van der Waals surface area contributed by atoms with Crippen molar-refractivity contribution in [2.24, 2.45) is 0 Å². The average Bonchev–Trinajstić information content (AvgIpc) is 3.10. The highest BCUT2D eigenvalue weighted by molar-refractivity contribution is 5.94. The molecule has 0 aliphatic heterocycles. The van der Waals surface area contributed by atoms with Crippen LogP contribution in [0.1, 0.15) is 17.2 Å². The number of amides is 1. The van der Waals surface area contributed by atoms with Gasteiger partial charge in [0.1, 0.15) is 12.4 Å². The molecule has 1 amide bonds. The molecule has 1 heterocycles. The van der Waals surface area contributed by atoms with Crippen molar-refractivity contribution in [3.05, 3.63) is 72.1 Å². The van der Waals surface area contributed by atoms with E-state index in [2.05, 4.69) is 20.8 Å². The summed E-state index contributed by atoms with van der Waals surface area (Å²) in [6, 6.07) is 17.0. The van der Waals surface area contributed by atoms with Crippen LogP contribution in [-0.2, 0) is 11.2 Å². The summed E-state index contributed by atoms with van der Waals surface area (Å²) in [5.41, 5.74) is 2.85. The van der Waals surface area contributed by atoms with Crippen LogP contribution in [0.3, 0.4) is 0 Å². The van der Waals surface area contributed by atoms with E-state index in [1.165, 1.54) is 11.0 Å². The first-order valence-electron chi connectivity index (χ1n) is 7.37. The molecule has 6 heteroatoms. The number of rotatable bonds is 5. The lowest BCUT2D eigenvalue weighted by atomic mass is 10.1. The monoisotopic (exact) mass is 307 g/mol. The Kier molecular flexibility index (Phi) is 4.42. The molecule has 6 nitrogen and oxygen atoms in total. The van der Waals surface area contributed by atoms with Crippen molar-refractivity contribution >= 4 is 11.6 Å². The number of carbonyl (C=O) groups is 1. The second-order valence-electron chi connectivity index (χ2n) is 5.30. The molecule has 2 aromatic carbocycles. The van der Waals surface area contributed by atoms with E-state index in [0.29, 0.717) is 6.42 Å². The Morgan fingerprint density at radius 1 is 1.13 bits per heavy atom. The van der Waals surface area contributed by atoms with Crippen LogP contribution >= 0.6 is 0 Å². The molecule has 0 fully saturated rings. The van der Waals surface area contributed by atoms with Crippen LogP contribution in [0.2, 0.25) is 0 Å². The van der Waals surface area contributed by atoms with E-state index in [-0.39, 0.29) is 5.91 Å². The number of anilines is 1. The molecule has 0 radical (unpaired) electrons. The number of tetrazole rings is 1. The first kappa shape index (κ1) is 14.9. The fourth-order valence-electron chi connectivity index (χ4n) is 2.38. The van der Waals surface area contributed by atoms with Gasteiger partial charge >= 0.3 is 0 Å². The van der Waals surface area contributed by atoms with Gasteiger partial charge in [-0.3, -0.25) is 4.79 Å². The molecule has 23 heavy (non-hydrogen) atoms. The Morgan fingerprint density at radius 3 is 2.57 bits per heavy atom. The van der Waals surface area contributed by atoms with Crippen LogP contribution in [0.4, 0.5) is 5.69 Å². The number of carbonyl (C=O) groups excluding carboxylic acids is 1. The number of para-hydroxylation sites is 1. The molecule has 0 aliphatic rings. The summed E-state index contributed by atoms with van der Waals surface area (Å²) < 4.78 is 1.49. The smallest absolute Gasteiger partial charge is 0.249 e. The first-order valence-corrected chi connectivity index (χ1v) is 7.37. The predicted octanol–water partition coefficient (Wildman–Crippen LogP) is 2.40. The van der Waals surface area contributed by atoms with Crippen molar-refractivity contribution in [1.29, 1.82) is 0 Å². The maximum atomic E-state index is 12.7. The SMILES string of the molecule is Cc1ccccc1NC(=O)[C@H](Cc1ccccc1)n1cnnn1. The molecular formula is C17H17N5O. The highest BCUT2D eigenvalue weighted by Crippen LogP contribution is 2.18. The van der Waals surface area contributed by atoms with Gasteiger partial charge in [0.25, 0.3) is 0 Å². The third kappa shape index (κ3) is 3.60. The van der Waals surface area contributed by atoms with Crippen LogP contribution < -0.4 is 5.32 Å². The van der Waals surface area contributed by atoms with Gasteiger partial charge in [-0.05, 0) is 34.5 Å². The first-order chi connectivity index (χ1) is 11.2. The predicted molar refractivity (Wildman–Crippen MR) is 86.8 cm³/mol. The van der Waals surface area contributed by atoms with Crippen molar-refractivity contribution in [1.82, 2.24) is 20.2 Å². The van der Waals surface area contributed by atoms with Gasteiger partial charge in [0.05, 0.1) is 0 Å². The van der Waals surface area contributed by atoms with Gasteiger partial charge in [-0.1, -0.05) is 48.5 Å². The molecule has 1 atom stereocenters. The van der Waals surface area contributed by atoms with Crippen molar-refractivity contribution in [3.63, 3.8) is 0 Å². The molecule has 116 valence electrons. The summed E-state index contributed by atoms with van der Waals surface area (Å²) in [5.74, 6) is -0.143. The lowest BCUT2D eigenvalue weighted by Crippen LogP contribution is -2.28. The number of hydrogen-bond donors (Lipinski definition) is 1. The zero-order chi connectivity index (χ0) is 16.1. The number of benzene rings is 2. The number of nitrogens with zero attached hydrogens (tertiary/aromatic N) is 4. The molecule has 0 bridgehead atoms. The van der Waals surface area contributed by atoms with E-state index < -0.39 is 6.04 Å². The number of aryl methyl sites for hydroxylation is 1. The van der Waals surface area contributed by atoms with Crippen LogP contribution in [-0.4, -0.2) is 26.1 Å². The molecule has 0 saturated carbocycles. The number of aromatic nitrogens is 4. The van der Waals surface area contributed by atoms with Crippen LogP contribution in [0, 0.1) is 6.92 Å².